The van der Waals surface area contributed by atoms with Crippen LogP contribution in [0.15, 0.2) is 95.9 Å². The quantitative estimate of drug-likeness (QED) is 0.254. The predicted octanol–water partition coefficient (Wildman–Crippen LogP) is 6.59. The Bertz CT molecular complexity index is 1560. The van der Waals surface area contributed by atoms with E-state index < -0.39 is 22.5 Å². The van der Waals surface area contributed by atoms with Crippen LogP contribution in [-0.4, -0.2) is 28.0 Å². The minimum Gasteiger partial charge on any atom is -0.495 e. The second kappa shape index (κ2) is 11.6. The number of nitrogens with zero attached hydrogens (tertiary/aromatic N) is 1. The van der Waals surface area contributed by atoms with Gasteiger partial charge in [-0.3, -0.25) is 9.10 Å². The maximum Gasteiger partial charge on any atom is 0.268 e. The van der Waals surface area contributed by atoms with Crippen LogP contribution < -0.4 is 19.1 Å². The van der Waals surface area contributed by atoms with Crippen molar-refractivity contribution >= 4 is 38.9 Å². The number of anilines is 2. The number of rotatable bonds is 9. The van der Waals surface area contributed by atoms with Crippen LogP contribution in [0.2, 0.25) is 5.02 Å². The van der Waals surface area contributed by atoms with Crippen molar-refractivity contribution in [3.05, 3.63) is 107 Å². The molecule has 0 bridgehead atoms. The van der Waals surface area contributed by atoms with Gasteiger partial charge in [-0.2, -0.15) is 0 Å². The molecule has 0 aliphatic rings. The van der Waals surface area contributed by atoms with Gasteiger partial charge in [-0.1, -0.05) is 54.1 Å². The number of amides is 1. The fraction of sp³-hybridized carbons (Fsp3) is 0.138. The van der Waals surface area contributed by atoms with Gasteiger partial charge in [0.2, 0.25) is 5.91 Å². The molecule has 4 aromatic rings. The number of halogens is 1. The molecule has 1 amide bonds. The maximum absolute atomic E-state index is 14.0. The molecule has 4 rings (SSSR count). The molecule has 0 aliphatic carbocycles. The van der Waals surface area contributed by atoms with Gasteiger partial charge >= 0.3 is 0 Å². The summed E-state index contributed by atoms with van der Waals surface area (Å²) in [5, 5.41) is 3.16. The molecular formula is C29H27ClN2O5S. The number of methoxy groups -OCH3 is 1. The highest BCUT2D eigenvalue weighted by molar-refractivity contribution is 7.93. The number of benzene rings is 4. The average molecular weight is 551 g/mol. The molecule has 0 radical (unpaired) electrons. The van der Waals surface area contributed by atoms with Crippen LogP contribution in [-0.2, 0) is 14.8 Å². The molecule has 196 valence electrons. The highest BCUT2D eigenvalue weighted by Crippen LogP contribution is 2.33. The molecule has 0 atom stereocenters. The second-order valence-electron chi connectivity index (χ2n) is 8.56. The minimum absolute atomic E-state index is 0.0580. The highest BCUT2D eigenvalue weighted by Gasteiger charge is 2.31. The summed E-state index contributed by atoms with van der Waals surface area (Å²) in [4.78, 5) is 13.3. The first-order valence-electron chi connectivity index (χ1n) is 11.7. The Morgan fingerprint density at radius 3 is 2.32 bits per heavy atom. The monoisotopic (exact) mass is 550 g/mol. The van der Waals surface area contributed by atoms with E-state index in [1.165, 1.54) is 19.2 Å². The Balaban J connectivity index is 1.69. The molecule has 7 nitrogen and oxygen atoms in total. The molecule has 0 saturated carbocycles. The van der Waals surface area contributed by atoms with Crippen molar-refractivity contribution < 1.29 is 22.7 Å². The third-order valence-corrected chi connectivity index (χ3v) is 7.95. The number of nitrogens with one attached hydrogen (secondary N) is 1. The number of para-hydroxylation sites is 3. The van der Waals surface area contributed by atoms with Gasteiger partial charge < -0.3 is 14.8 Å². The van der Waals surface area contributed by atoms with Gasteiger partial charge in [0.05, 0.1) is 18.5 Å². The maximum atomic E-state index is 14.0. The van der Waals surface area contributed by atoms with E-state index in [9.17, 15) is 13.2 Å². The molecule has 0 spiro atoms. The normalized spacial score (nSPS) is 11.1. The Morgan fingerprint density at radius 1 is 0.895 bits per heavy atom. The minimum atomic E-state index is -4.24. The first kappa shape index (κ1) is 27.0. The standard InChI is InChI=1S/C29H27ClN2O5S/c1-20-13-16-27(36-3)28(17-20)38(34,35)32(22-15-14-21(2)24(30)18-22)19-29(33)31-25-11-7-8-12-26(25)37-23-9-5-4-6-10-23/h4-18H,19H2,1-3H3,(H,31,33). The molecule has 0 unspecified atom stereocenters. The van der Waals surface area contributed by atoms with Crippen LogP contribution >= 0.6 is 11.6 Å². The van der Waals surface area contributed by atoms with Gasteiger partial charge in [-0.15, -0.1) is 0 Å². The van der Waals surface area contributed by atoms with E-state index in [4.69, 9.17) is 21.1 Å². The van der Waals surface area contributed by atoms with Crippen molar-refractivity contribution in [2.75, 3.05) is 23.3 Å². The summed E-state index contributed by atoms with van der Waals surface area (Å²) < 4.78 is 40.2. The summed E-state index contributed by atoms with van der Waals surface area (Å²) in [6, 6.07) is 25.8. The first-order valence-corrected chi connectivity index (χ1v) is 13.6. The van der Waals surface area contributed by atoms with Crippen LogP contribution in [0.25, 0.3) is 0 Å². The Labute approximate surface area is 227 Å². The predicted molar refractivity (Wildman–Crippen MR) is 150 cm³/mol. The van der Waals surface area contributed by atoms with E-state index in [1.54, 1.807) is 67.6 Å². The summed E-state index contributed by atoms with van der Waals surface area (Å²) in [5.41, 5.74) is 2.14. The van der Waals surface area contributed by atoms with Crippen molar-refractivity contribution in [2.24, 2.45) is 0 Å². The van der Waals surface area contributed by atoms with E-state index in [0.29, 0.717) is 22.2 Å². The van der Waals surface area contributed by atoms with Crippen LogP contribution in [0.5, 0.6) is 17.2 Å². The Kier molecular flexibility index (Phi) is 8.24. The summed E-state index contributed by atoms with van der Waals surface area (Å²) in [6.07, 6.45) is 0. The summed E-state index contributed by atoms with van der Waals surface area (Å²) in [7, 11) is -2.84. The van der Waals surface area contributed by atoms with E-state index in [0.717, 1.165) is 15.4 Å². The SMILES string of the molecule is COc1ccc(C)cc1S(=O)(=O)N(CC(=O)Nc1ccccc1Oc1ccccc1)c1ccc(C)c(Cl)c1. The number of sulfonamides is 1. The molecule has 0 heterocycles. The van der Waals surface area contributed by atoms with Gasteiger partial charge in [0.15, 0.2) is 5.75 Å². The van der Waals surface area contributed by atoms with Crippen molar-refractivity contribution in [2.45, 2.75) is 18.7 Å². The summed E-state index contributed by atoms with van der Waals surface area (Å²) in [5.74, 6) is 0.612. The van der Waals surface area contributed by atoms with Crippen molar-refractivity contribution in [3.8, 4) is 17.2 Å². The Morgan fingerprint density at radius 2 is 1.61 bits per heavy atom. The largest absolute Gasteiger partial charge is 0.495 e. The molecule has 1 N–H and O–H groups in total. The average Bonchev–Trinajstić information content (AvgIpc) is 2.90. The van der Waals surface area contributed by atoms with Crippen LogP contribution in [0.3, 0.4) is 0 Å². The lowest BCUT2D eigenvalue weighted by atomic mass is 10.2. The third-order valence-electron chi connectivity index (χ3n) is 5.75. The highest BCUT2D eigenvalue weighted by atomic mass is 35.5. The second-order valence-corrected chi connectivity index (χ2v) is 10.8. The van der Waals surface area contributed by atoms with Crippen LogP contribution in [0.4, 0.5) is 11.4 Å². The number of carbonyl (C=O) groups excluding carboxylic acids is 1. The molecular weight excluding hydrogens is 524 g/mol. The van der Waals surface area contributed by atoms with Gasteiger partial charge in [0, 0.05) is 5.02 Å². The van der Waals surface area contributed by atoms with Crippen molar-refractivity contribution in [3.63, 3.8) is 0 Å². The van der Waals surface area contributed by atoms with Crippen LogP contribution in [0.1, 0.15) is 11.1 Å². The van der Waals surface area contributed by atoms with Gasteiger partial charge in [0.1, 0.15) is 22.9 Å². The molecule has 38 heavy (non-hydrogen) atoms. The molecule has 9 heteroatoms. The van der Waals surface area contributed by atoms with Crippen LogP contribution in [0, 0.1) is 13.8 Å². The lowest BCUT2D eigenvalue weighted by Crippen LogP contribution is -2.38. The summed E-state index contributed by atoms with van der Waals surface area (Å²) in [6.45, 7) is 3.07. The molecule has 0 saturated heterocycles. The van der Waals surface area contributed by atoms with Crippen molar-refractivity contribution in [1.29, 1.82) is 0 Å². The van der Waals surface area contributed by atoms with E-state index in [2.05, 4.69) is 5.32 Å². The number of aryl methyl sites for hydroxylation is 2. The molecule has 0 aromatic heterocycles. The van der Waals surface area contributed by atoms with E-state index in [1.807, 2.05) is 25.1 Å². The lowest BCUT2D eigenvalue weighted by Gasteiger charge is -2.25. The Hall–Kier alpha value is -4.01. The third kappa shape index (κ3) is 6.10. The fourth-order valence-corrected chi connectivity index (χ4v) is 5.58. The number of carbonyl (C=O) groups is 1. The smallest absolute Gasteiger partial charge is 0.268 e. The topological polar surface area (TPSA) is 84.9 Å². The first-order chi connectivity index (χ1) is 18.2. The van der Waals surface area contributed by atoms with Gasteiger partial charge in [-0.05, 0) is 73.5 Å². The number of hydrogen-bond acceptors (Lipinski definition) is 5. The van der Waals surface area contributed by atoms with Crippen molar-refractivity contribution in [1.82, 2.24) is 0 Å². The number of ether oxygens (including phenoxy) is 2. The van der Waals surface area contributed by atoms with E-state index in [-0.39, 0.29) is 16.3 Å². The number of hydrogen-bond donors (Lipinski definition) is 1. The summed E-state index contributed by atoms with van der Waals surface area (Å²) >= 11 is 6.34. The zero-order valence-corrected chi connectivity index (χ0v) is 22.7. The zero-order chi connectivity index (χ0) is 27.3. The zero-order valence-electron chi connectivity index (χ0n) is 21.1. The van der Waals surface area contributed by atoms with E-state index >= 15 is 0 Å². The van der Waals surface area contributed by atoms with Gasteiger partial charge in [0.25, 0.3) is 10.0 Å². The molecule has 4 aromatic carbocycles. The molecule has 0 fully saturated rings. The molecule has 0 aliphatic heterocycles. The van der Waals surface area contributed by atoms with Gasteiger partial charge in [-0.25, -0.2) is 8.42 Å². The fourth-order valence-electron chi connectivity index (χ4n) is 3.75. The lowest BCUT2D eigenvalue weighted by molar-refractivity contribution is -0.114.